The van der Waals surface area contributed by atoms with Crippen molar-refractivity contribution in [2.75, 3.05) is 18.8 Å². The molecule has 8 heteroatoms. The lowest BCUT2D eigenvalue weighted by atomic mass is 9.71. The molecule has 1 unspecified atom stereocenters. The monoisotopic (exact) mass is 480 g/mol. The first kappa shape index (κ1) is 22.6. The SMILES string of the molecule is CCCS(=O)(=O)N1CCC2(CC1)c1ccccc1CC2NC(=O)c1ccc(Cl)c(Cl)c1. The molecule has 166 valence electrons. The zero-order chi connectivity index (χ0) is 22.2. The number of amides is 1. The number of piperidine rings is 1. The van der Waals surface area contributed by atoms with E-state index in [0.29, 0.717) is 48.0 Å². The first-order chi connectivity index (χ1) is 14.8. The van der Waals surface area contributed by atoms with Crippen molar-refractivity contribution in [1.82, 2.24) is 9.62 Å². The molecule has 1 aliphatic carbocycles. The fraction of sp³-hybridized carbons (Fsp3) is 0.435. The molecule has 31 heavy (non-hydrogen) atoms. The summed E-state index contributed by atoms with van der Waals surface area (Å²) in [6, 6.07) is 13.0. The molecule has 2 aliphatic rings. The molecular formula is C23H26Cl2N2O3S. The van der Waals surface area contributed by atoms with Gasteiger partial charge >= 0.3 is 0 Å². The van der Waals surface area contributed by atoms with Gasteiger partial charge in [0.25, 0.3) is 5.91 Å². The van der Waals surface area contributed by atoms with Crippen LogP contribution in [0.5, 0.6) is 0 Å². The van der Waals surface area contributed by atoms with Crippen LogP contribution in [0, 0.1) is 0 Å². The second kappa shape index (κ2) is 8.74. The van der Waals surface area contributed by atoms with Gasteiger partial charge in [-0.1, -0.05) is 54.4 Å². The lowest BCUT2D eigenvalue weighted by Crippen LogP contribution is -2.54. The number of rotatable bonds is 5. The Morgan fingerprint density at radius 2 is 1.84 bits per heavy atom. The fourth-order valence-corrected chi connectivity index (χ4v) is 6.83. The number of carbonyl (C=O) groups excluding carboxylic acids is 1. The zero-order valence-corrected chi connectivity index (χ0v) is 19.7. The number of carbonyl (C=O) groups is 1. The summed E-state index contributed by atoms with van der Waals surface area (Å²) >= 11 is 12.1. The van der Waals surface area contributed by atoms with Crippen LogP contribution < -0.4 is 5.32 Å². The fourth-order valence-electron chi connectivity index (χ4n) is 5.02. The highest BCUT2D eigenvalue weighted by Crippen LogP contribution is 2.47. The maximum atomic E-state index is 13.0. The first-order valence-corrected chi connectivity index (χ1v) is 13.0. The molecule has 4 rings (SSSR count). The number of sulfonamides is 1. The van der Waals surface area contributed by atoms with Crippen LogP contribution in [-0.4, -0.2) is 43.5 Å². The van der Waals surface area contributed by atoms with Gasteiger partial charge in [0.05, 0.1) is 15.8 Å². The molecule has 0 aromatic heterocycles. The minimum atomic E-state index is -3.23. The molecule has 1 spiro atoms. The number of hydrogen-bond donors (Lipinski definition) is 1. The van der Waals surface area contributed by atoms with Gasteiger partial charge in [-0.25, -0.2) is 12.7 Å². The van der Waals surface area contributed by atoms with E-state index in [4.69, 9.17) is 23.2 Å². The predicted molar refractivity (Wildman–Crippen MR) is 124 cm³/mol. The molecule has 1 heterocycles. The summed E-state index contributed by atoms with van der Waals surface area (Å²) in [7, 11) is -3.23. The molecule has 1 fully saturated rings. The van der Waals surface area contributed by atoms with Gasteiger partial charge < -0.3 is 5.32 Å². The smallest absolute Gasteiger partial charge is 0.251 e. The molecular weight excluding hydrogens is 455 g/mol. The van der Waals surface area contributed by atoms with Gasteiger partial charge in [0.2, 0.25) is 10.0 Å². The Bertz CT molecular complexity index is 1100. The highest BCUT2D eigenvalue weighted by molar-refractivity contribution is 7.89. The number of benzene rings is 2. The Hall–Kier alpha value is -1.60. The average Bonchev–Trinajstić information content (AvgIpc) is 3.03. The molecule has 0 radical (unpaired) electrons. The lowest BCUT2D eigenvalue weighted by Gasteiger charge is -2.43. The second-order valence-electron chi connectivity index (χ2n) is 8.39. The molecule has 1 N–H and O–H groups in total. The van der Waals surface area contributed by atoms with Crippen molar-refractivity contribution in [2.24, 2.45) is 0 Å². The van der Waals surface area contributed by atoms with Crippen molar-refractivity contribution in [3.8, 4) is 0 Å². The van der Waals surface area contributed by atoms with E-state index in [-0.39, 0.29) is 23.1 Å². The lowest BCUT2D eigenvalue weighted by molar-refractivity contribution is 0.0896. The van der Waals surface area contributed by atoms with Crippen LogP contribution in [-0.2, 0) is 21.9 Å². The summed E-state index contributed by atoms with van der Waals surface area (Å²) in [5.41, 5.74) is 2.62. The highest BCUT2D eigenvalue weighted by Gasteiger charge is 2.49. The van der Waals surface area contributed by atoms with Crippen molar-refractivity contribution in [2.45, 2.75) is 44.1 Å². The van der Waals surface area contributed by atoms with E-state index in [2.05, 4.69) is 17.4 Å². The number of nitrogens with one attached hydrogen (secondary N) is 1. The van der Waals surface area contributed by atoms with E-state index < -0.39 is 10.0 Å². The summed E-state index contributed by atoms with van der Waals surface area (Å²) in [5.74, 6) is -0.0227. The number of halogens is 2. The highest BCUT2D eigenvalue weighted by atomic mass is 35.5. The van der Waals surface area contributed by atoms with Gasteiger partial charge in [0, 0.05) is 30.1 Å². The first-order valence-electron chi connectivity index (χ1n) is 10.6. The predicted octanol–water partition coefficient (Wildman–Crippen LogP) is 4.42. The van der Waals surface area contributed by atoms with E-state index in [1.807, 2.05) is 19.1 Å². The molecule has 1 aliphatic heterocycles. The maximum absolute atomic E-state index is 13.0. The summed E-state index contributed by atoms with van der Waals surface area (Å²) in [6.07, 6.45) is 2.69. The average molecular weight is 481 g/mol. The van der Waals surface area contributed by atoms with Gasteiger partial charge in [-0.05, 0) is 55.0 Å². The number of fused-ring (bicyclic) bond motifs is 2. The molecule has 1 saturated heterocycles. The number of hydrogen-bond acceptors (Lipinski definition) is 3. The van der Waals surface area contributed by atoms with E-state index in [9.17, 15) is 13.2 Å². The van der Waals surface area contributed by atoms with Gasteiger partial charge in [0.1, 0.15) is 0 Å². The van der Waals surface area contributed by atoms with Crippen LogP contribution in [0.2, 0.25) is 10.0 Å². The minimum absolute atomic E-state index is 0.108. The van der Waals surface area contributed by atoms with E-state index >= 15 is 0 Å². The van der Waals surface area contributed by atoms with Crippen molar-refractivity contribution < 1.29 is 13.2 Å². The summed E-state index contributed by atoms with van der Waals surface area (Å²) < 4.78 is 26.8. The topological polar surface area (TPSA) is 66.5 Å². The van der Waals surface area contributed by atoms with Gasteiger partial charge in [-0.3, -0.25) is 4.79 Å². The van der Waals surface area contributed by atoms with Crippen LogP contribution in [0.3, 0.4) is 0 Å². The number of nitrogens with zero attached hydrogens (tertiary/aromatic N) is 1. The van der Waals surface area contributed by atoms with Gasteiger partial charge in [-0.15, -0.1) is 0 Å². The third kappa shape index (κ3) is 4.23. The Balaban J connectivity index is 1.60. The summed E-state index contributed by atoms with van der Waals surface area (Å²) in [4.78, 5) is 13.0. The van der Waals surface area contributed by atoms with E-state index in [0.717, 1.165) is 6.42 Å². The second-order valence-corrected chi connectivity index (χ2v) is 11.3. The Morgan fingerprint density at radius 1 is 1.13 bits per heavy atom. The van der Waals surface area contributed by atoms with Gasteiger partial charge in [0.15, 0.2) is 0 Å². The molecule has 5 nitrogen and oxygen atoms in total. The Kier molecular flexibility index (Phi) is 6.37. The largest absolute Gasteiger partial charge is 0.348 e. The van der Waals surface area contributed by atoms with Crippen LogP contribution in [0.1, 0.15) is 47.7 Å². The molecule has 2 aromatic rings. The molecule has 0 bridgehead atoms. The zero-order valence-electron chi connectivity index (χ0n) is 17.4. The summed E-state index contributed by atoms with van der Waals surface area (Å²) in [5, 5.41) is 3.97. The molecule has 1 atom stereocenters. The quantitative estimate of drug-likeness (QED) is 0.688. The van der Waals surface area contributed by atoms with Crippen LogP contribution in [0.25, 0.3) is 0 Å². The third-order valence-electron chi connectivity index (χ3n) is 6.60. The summed E-state index contributed by atoms with van der Waals surface area (Å²) in [6.45, 7) is 2.82. The standard InChI is InChI=1S/C23H26Cl2N2O3S/c1-2-13-31(29,30)27-11-9-23(10-12-27)18-6-4-3-5-16(18)15-21(23)26-22(28)17-7-8-19(24)20(25)14-17/h3-8,14,21H,2,9-13,15H2,1H3,(H,26,28). The van der Waals surface area contributed by atoms with E-state index in [1.165, 1.54) is 11.1 Å². The van der Waals surface area contributed by atoms with Crippen LogP contribution in [0.4, 0.5) is 0 Å². The van der Waals surface area contributed by atoms with Crippen LogP contribution >= 0.6 is 23.2 Å². The van der Waals surface area contributed by atoms with Gasteiger partial charge in [-0.2, -0.15) is 0 Å². The molecule has 1 amide bonds. The van der Waals surface area contributed by atoms with Crippen molar-refractivity contribution in [3.05, 3.63) is 69.2 Å². The Labute approximate surface area is 193 Å². The van der Waals surface area contributed by atoms with Crippen molar-refractivity contribution in [3.63, 3.8) is 0 Å². The third-order valence-corrected chi connectivity index (χ3v) is 9.42. The maximum Gasteiger partial charge on any atom is 0.251 e. The normalized spacial score (nSPS) is 20.5. The van der Waals surface area contributed by atoms with Crippen molar-refractivity contribution >= 4 is 39.1 Å². The van der Waals surface area contributed by atoms with Crippen LogP contribution in [0.15, 0.2) is 42.5 Å². The van der Waals surface area contributed by atoms with E-state index in [1.54, 1.807) is 22.5 Å². The molecule has 2 aromatic carbocycles. The van der Waals surface area contributed by atoms with Crippen molar-refractivity contribution in [1.29, 1.82) is 0 Å². The minimum Gasteiger partial charge on any atom is -0.348 e. The Morgan fingerprint density at radius 3 is 2.52 bits per heavy atom. The molecule has 0 saturated carbocycles.